The summed E-state index contributed by atoms with van der Waals surface area (Å²) in [5.41, 5.74) is -0.215. The van der Waals surface area contributed by atoms with Crippen LogP contribution in [0.15, 0.2) is 0 Å². The van der Waals surface area contributed by atoms with Gasteiger partial charge in [-0.2, -0.15) is 0 Å². The third kappa shape index (κ3) is 4.55. The summed E-state index contributed by atoms with van der Waals surface area (Å²) in [6.45, 7) is 12.5. The van der Waals surface area contributed by atoms with Crippen LogP contribution in [-0.4, -0.2) is 57.5 Å². The molecule has 2 rings (SSSR count). The van der Waals surface area contributed by atoms with E-state index in [0.717, 1.165) is 38.2 Å². The van der Waals surface area contributed by atoms with Gasteiger partial charge in [-0.1, -0.05) is 13.8 Å². The number of hydrogen-bond acceptors (Lipinski definition) is 3. The Labute approximate surface area is 144 Å². The zero-order chi connectivity index (χ0) is 17.3. The van der Waals surface area contributed by atoms with E-state index in [0.29, 0.717) is 12.3 Å². The van der Waals surface area contributed by atoms with Crippen LogP contribution in [0.4, 0.5) is 4.79 Å². The van der Waals surface area contributed by atoms with Gasteiger partial charge in [-0.3, -0.25) is 4.79 Å². The molecule has 1 spiro atoms. The molecular formula is C17H31N3O2S. The van der Waals surface area contributed by atoms with Crippen molar-refractivity contribution in [3.8, 4) is 0 Å². The zero-order valence-electron chi connectivity index (χ0n) is 15.1. The quantitative estimate of drug-likeness (QED) is 0.840. The number of urea groups is 1. The number of amides is 3. The Hall–Kier alpha value is -0.910. The average molecular weight is 342 g/mol. The highest BCUT2D eigenvalue weighted by Gasteiger charge is 2.46. The van der Waals surface area contributed by atoms with Crippen LogP contribution < -0.4 is 5.32 Å². The van der Waals surface area contributed by atoms with Crippen molar-refractivity contribution in [2.75, 3.05) is 25.4 Å². The number of hydrogen-bond donors (Lipinski definition) is 1. The van der Waals surface area contributed by atoms with Crippen LogP contribution in [0, 0.1) is 5.92 Å². The standard InChI is InChI=1S/C17H31N3O2S/c1-13(2)12-14(21)20-10-11-23-17(20)6-8-19(9-7-17)15(22)18-16(3,4)5/h13H,6-12H2,1-5H3,(H,18,22). The minimum absolute atomic E-state index is 0.00963. The molecule has 0 unspecified atom stereocenters. The van der Waals surface area contributed by atoms with Gasteiger partial charge in [-0.05, 0) is 39.5 Å². The largest absolute Gasteiger partial charge is 0.333 e. The Kier molecular flexibility index (Phi) is 5.54. The molecule has 2 aliphatic rings. The number of likely N-dealkylation sites (tertiary alicyclic amines) is 1. The number of carbonyl (C=O) groups is 2. The van der Waals surface area contributed by atoms with Crippen molar-refractivity contribution in [1.29, 1.82) is 0 Å². The van der Waals surface area contributed by atoms with Crippen molar-refractivity contribution in [2.45, 2.75) is 64.3 Å². The van der Waals surface area contributed by atoms with Gasteiger partial charge in [-0.15, -0.1) is 11.8 Å². The molecule has 5 nitrogen and oxygen atoms in total. The summed E-state index contributed by atoms with van der Waals surface area (Å²) in [6, 6.07) is 0.00963. The lowest BCUT2D eigenvalue weighted by atomic mass is 10.0. The topological polar surface area (TPSA) is 52.7 Å². The van der Waals surface area contributed by atoms with Crippen LogP contribution in [0.3, 0.4) is 0 Å². The Balaban J connectivity index is 1.96. The minimum Gasteiger partial charge on any atom is -0.333 e. The molecule has 2 heterocycles. The maximum atomic E-state index is 12.6. The molecule has 0 aromatic heterocycles. The molecule has 1 N–H and O–H groups in total. The van der Waals surface area contributed by atoms with E-state index in [2.05, 4.69) is 24.1 Å². The van der Waals surface area contributed by atoms with Crippen molar-refractivity contribution in [1.82, 2.24) is 15.1 Å². The van der Waals surface area contributed by atoms with E-state index in [-0.39, 0.29) is 22.3 Å². The van der Waals surface area contributed by atoms with Gasteiger partial charge in [0.2, 0.25) is 5.91 Å². The van der Waals surface area contributed by atoms with Crippen LogP contribution in [0.2, 0.25) is 0 Å². The highest BCUT2D eigenvalue weighted by molar-refractivity contribution is 8.00. The van der Waals surface area contributed by atoms with Crippen molar-refractivity contribution < 1.29 is 9.59 Å². The lowest BCUT2D eigenvalue weighted by Gasteiger charge is -2.44. The van der Waals surface area contributed by atoms with Gasteiger partial charge in [0.25, 0.3) is 0 Å². The Morgan fingerprint density at radius 3 is 2.30 bits per heavy atom. The van der Waals surface area contributed by atoms with Crippen molar-refractivity contribution >= 4 is 23.7 Å². The van der Waals surface area contributed by atoms with Gasteiger partial charge < -0.3 is 15.1 Å². The van der Waals surface area contributed by atoms with Gasteiger partial charge in [-0.25, -0.2) is 4.79 Å². The summed E-state index contributed by atoms with van der Waals surface area (Å²) in [7, 11) is 0. The van der Waals surface area contributed by atoms with E-state index in [1.165, 1.54) is 0 Å². The zero-order valence-corrected chi connectivity index (χ0v) is 16.0. The van der Waals surface area contributed by atoms with Gasteiger partial charge in [0.1, 0.15) is 0 Å². The molecule has 0 radical (unpaired) electrons. The Morgan fingerprint density at radius 2 is 1.78 bits per heavy atom. The summed E-state index contributed by atoms with van der Waals surface area (Å²) in [4.78, 5) is 28.8. The second-order valence-corrected chi connectivity index (χ2v) is 9.56. The van der Waals surface area contributed by atoms with Gasteiger partial charge >= 0.3 is 6.03 Å². The van der Waals surface area contributed by atoms with Gasteiger partial charge in [0, 0.05) is 37.3 Å². The van der Waals surface area contributed by atoms with Crippen molar-refractivity contribution in [3.63, 3.8) is 0 Å². The summed E-state index contributed by atoms with van der Waals surface area (Å²) < 4.78 is 0. The highest BCUT2D eigenvalue weighted by atomic mass is 32.2. The Morgan fingerprint density at radius 1 is 1.17 bits per heavy atom. The maximum Gasteiger partial charge on any atom is 0.317 e. The van der Waals surface area contributed by atoms with E-state index >= 15 is 0 Å². The normalized spacial score (nSPS) is 21.1. The third-order valence-electron chi connectivity index (χ3n) is 4.38. The monoisotopic (exact) mass is 341 g/mol. The predicted molar refractivity (Wildman–Crippen MR) is 95.4 cm³/mol. The Bertz CT molecular complexity index is 451. The number of rotatable bonds is 2. The molecule has 3 amide bonds. The number of piperidine rings is 1. The fraction of sp³-hybridized carbons (Fsp3) is 0.882. The maximum absolute atomic E-state index is 12.6. The molecule has 0 aromatic carbocycles. The van der Waals surface area contributed by atoms with Crippen LogP contribution in [0.1, 0.15) is 53.9 Å². The fourth-order valence-electron chi connectivity index (χ4n) is 3.29. The minimum atomic E-state index is -0.215. The summed E-state index contributed by atoms with van der Waals surface area (Å²) >= 11 is 1.90. The van der Waals surface area contributed by atoms with Crippen LogP contribution in [-0.2, 0) is 4.79 Å². The average Bonchev–Trinajstić information content (AvgIpc) is 2.80. The molecule has 0 aromatic rings. The molecule has 132 valence electrons. The number of nitrogens with one attached hydrogen (secondary N) is 1. The van der Waals surface area contributed by atoms with E-state index in [1.54, 1.807) is 0 Å². The first-order valence-corrected chi connectivity index (χ1v) is 9.63. The predicted octanol–water partition coefficient (Wildman–Crippen LogP) is 2.91. The number of nitrogens with zero attached hydrogens (tertiary/aromatic N) is 2. The van der Waals surface area contributed by atoms with E-state index in [9.17, 15) is 9.59 Å². The highest BCUT2D eigenvalue weighted by Crippen LogP contribution is 2.44. The SMILES string of the molecule is CC(C)CC(=O)N1CCSC12CCN(C(=O)NC(C)(C)C)CC2. The first kappa shape index (κ1) is 18.4. The first-order valence-electron chi connectivity index (χ1n) is 8.64. The van der Waals surface area contributed by atoms with Crippen LogP contribution in [0.25, 0.3) is 0 Å². The fourth-order valence-corrected chi connectivity index (χ4v) is 4.77. The van der Waals surface area contributed by atoms with Crippen LogP contribution >= 0.6 is 11.8 Å². The molecule has 6 heteroatoms. The van der Waals surface area contributed by atoms with E-state index < -0.39 is 0 Å². The van der Waals surface area contributed by atoms with Gasteiger partial charge in [0.05, 0.1) is 4.87 Å². The van der Waals surface area contributed by atoms with E-state index in [4.69, 9.17) is 0 Å². The first-order chi connectivity index (χ1) is 10.6. The third-order valence-corrected chi connectivity index (χ3v) is 5.93. The molecule has 2 saturated heterocycles. The smallest absolute Gasteiger partial charge is 0.317 e. The molecule has 23 heavy (non-hydrogen) atoms. The molecular weight excluding hydrogens is 310 g/mol. The second kappa shape index (κ2) is 6.91. The molecule has 0 aliphatic carbocycles. The number of thioether (sulfide) groups is 1. The molecule has 2 aliphatic heterocycles. The number of carbonyl (C=O) groups excluding carboxylic acids is 2. The molecule has 0 saturated carbocycles. The van der Waals surface area contributed by atoms with Gasteiger partial charge in [0.15, 0.2) is 0 Å². The molecule has 0 bridgehead atoms. The van der Waals surface area contributed by atoms with E-state index in [1.807, 2.05) is 37.4 Å². The lowest BCUT2D eigenvalue weighted by molar-refractivity contribution is -0.135. The van der Waals surface area contributed by atoms with Crippen LogP contribution in [0.5, 0.6) is 0 Å². The summed E-state index contributed by atoms with van der Waals surface area (Å²) in [6.07, 6.45) is 2.37. The summed E-state index contributed by atoms with van der Waals surface area (Å²) in [5.74, 6) is 1.68. The second-order valence-electron chi connectivity index (χ2n) is 8.11. The van der Waals surface area contributed by atoms with Crippen molar-refractivity contribution in [2.24, 2.45) is 5.92 Å². The molecule has 2 fully saturated rings. The summed E-state index contributed by atoms with van der Waals surface area (Å²) in [5, 5.41) is 3.03. The van der Waals surface area contributed by atoms with Crippen molar-refractivity contribution in [3.05, 3.63) is 0 Å². The molecule has 0 atom stereocenters. The lowest BCUT2D eigenvalue weighted by Crippen LogP contribution is -2.56.